The fraction of sp³-hybridized carbons (Fsp3) is 0.0556. The van der Waals surface area contributed by atoms with Crippen molar-refractivity contribution in [2.75, 3.05) is 0 Å². The second kappa shape index (κ2) is 7.74. The lowest BCUT2D eigenvalue weighted by Gasteiger charge is -1.95. The molecular weight excluding hydrogens is 248 g/mol. The number of rotatable bonds is 5. The molecule has 0 aliphatic rings. The Morgan fingerprint density at radius 3 is 2.30 bits per heavy atom. The van der Waals surface area contributed by atoms with Crippen LogP contribution in [0.1, 0.15) is 11.1 Å². The molecule has 0 saturated heterocycles. The van der Waals surface area contributed by atoms with Crippen LogP contribution in [0.2, 0.25) is 0 Å². The lowest BCUT2D eigenvalue weighted by atomic mass is 10.2. The highest BCUT2D eigenvalue weighted by Gasteiger charge is 1.93. The third-order valence-electron chi connectivity index (χ3n) is 2.69. The van der Waals surface area contributed by atoms with Crippen molar-refractivity contribution in [3.05, 3.63) is 90.2 Å². The first-order chi connectivity index (χ1) is 9.84. The van der Waals surface area contributed by atoms with Crippen LogP contribution in [-0.4, -0.2) is 5.97 Å². The van der Waals surface area contributed by atoms with Gasteiger partial charge in [-0.25, -0.2) is 4.79 Å². The number of ether oxygens (including phenoxy) is 1. The van der Waals surface area contributed by atoms with Crippen molar-refractivity contribution in [3.8, 4) is 0 Å². The first kappa shape index (κ1) is 13.8. The van der Waals surface area contributed by atoms with Gasteiger partial charge in [-0.3, -0.25) is 0 Å². The molecule has 2 aromatic rings. The molecule has 0 unspecified atom stereocenters. The third kappa shape index (κ3) is 4.94. The summed E-state index contributed by atoms with van der Waals surface area (Å²) < 4.78 is 4.98. The molecular formula is C18H16O2. The summed E-state index contributed by atoms with van der Waals surface area (Å²) in [6.45, 7) is 0. The van der Waals surface area contributed by atoms with Crippen molar-refractivity contribution in [3.63, 3.8) is 0 Å². The summed E-state index contributed by atoms with van der Waals surface area (Å²) in [5, 5.41) is 0. The van der Waals surface area contributed by atoms with Gasteiger partial charge in [-0.15, -0.1) is 0 Å². The Kier molecular flexibility index (Phi) is 5.35. The Bertz CT molecular complexity index is 583. The van der Waals surface area contributed by atoms with E-state index in [9.17, 15) is 4.79 Å². The summed E-state index contributed by atoms with van der Waals surface area (Å²) in [7, 11) is 0. The van der Waals surface area contributed by atoms with E-state index in [1.54, 1.807) is 6.08 Å². The zero-order chi connectivity index (χ0) is 14.0. The molecule has 0 heterocycles. The van der Waals surface area contributed by atoms with E-state index in [0.717, 1.165) is 12.0 Å². The second-order valence-electron chi connectivity index (χ2n) is 4.24. The van der Waals surface area contributed by atoms with Gasteiger partial charge >= 0.3 is 5.97 Å². The van der Waals surface area contributed by atoms with Gasteiger partial charge < -0.3 is 4.74 Å². The van der Waals surface area contributed by atoms with Crippen molar-refractivity contribution in [2.45, 2.75) is 6.42 Å². The van der Waals surface area contributed by atoms with Crippen molar-refractivity contribution in [1.29, 1.82) is 0 Å². The summed E-state index contributed by atoms with van der Waals surface area (Å²) in [4.78, 5) is 11.5. The van der Waals surface area contributed by atoms with E-state index >= 15 is 0 Å². The van der Waals surface area contributed by atoms with E-state index in [1.807, 2.05) is 66.7 Å². The van der Waals surface area contributed by atoms with Crippen molar-refractivity contribution in [2.24, 2.45) is 0 Å². The Labute approximate surface area is 119 Å². The summed E-state index contributed by atoms with van der Waals surface area (Å²) in [6, 6.07) is 19.6. The van der Waals surface area contributed by atoms with Gasteiger partial charge in [0.05, 0.1) is 6.26 Å². The molecule has 0 aliphatic heterocycles. The first-order valence-corrected chi connectivity index (χ1v) is 6.47. The van der Waals surface area contributed by atoms with Gasteiger partial charge in [-0.2, -0.15) is 0 Å². The van der Waals surface area contributed by atoms with Crippen molar-refractivity contribution in [1.82, 2.24) is 0 Å². The van der Waals surface area contributed by atoms with Gasteiger partial charge in [0.25, 0.3) is 0 Å². The predicted molar refractivity (Wildman–Crippen MR) is 80.9 cm³/mol. The van der Waals surface area contributed by atoms with Crippen LogP contribution in [-0.2, 0) is 16.0 Å². The van der Waals surface area contributed by atoms with Crippen LogP contribution in [0.4, 0.5) is 0 Å². The Hall–Kier alpha value is -2.61. The first-order valence-electron chi connectivity index (χ1n) is 6.47. The van der Waals surface area contributed by atoms with Crippen LogP contribution in [0.25, 0.3) is 6.08 Å². The van der Waals surface area contributed by atoms with Crippen molar-refractivity contribution < 1.29 is 9.53 Å². The number of allylic oxidation sites excluding steroid dienone is 1. The van der Waals surface area contributed by atoms with E-state index in [4.69, 9.17) is 4.74 Å². The molecule has 0 fully saturated rings. The lowest BCUT2D eigenvalue weighted by Crippen LogP contribution is -1.93. The number of esters is 1. The number of hydrogen-bond donors (Lipinski definition) is 0. The Balaban J connectivity index is 1.76. The van der Waals surface area contributed by atoms with Crippen LogP contribution in [0.3, 0.4) is 0 Å². The molecule has 100 valence electrons. The number of benzene rings is 2. The normalized spacial score (nSPS) is 11.0. The largest absolute Gasteiger partial charge is 0.432 e. The molecule has 0 spiro atoms. The molecule has 2 aromatic carbocycles. The quantitative estimate of drug-likeness (QED) is 0.463. The fourth-order valence-electron chi connectivity index (χ4n) is 1.68. The number of carbonyl (C=O) groups is 1. The monoisotopic (exact) mass is 264 g/mol. The fourth-order valence-corrected chi connectivity index (χ4v) is 1.68. The van der Waals surface area contributed by atoms with Gasteiger partial charge in [-0.05, 0) is 29.7 Å². The SMILES string of the molecule is O=C(C=Cc1ccccc1)OC=CCc1ccccc1. The average Bonchev–Trinajstić information content (AvgIpc) is 2.52. The minimum atomic E-state index is -0.377. The molecule has 0 radical (unpaired) electrons. The predicted octanol–water partition coefficient (Wildman–Crippen LogP) is 4.00. The molecule has 0 atom stereocenters. The van der Waals surface area contributed by atoms with Gasteiger partial charge in [0.15, 0.2) is 0 Å². The molecule has 2 rings (SSSR count). The number of carbonyl (C=O) groups excluding carboxylic acids is 1. The molecule has 2 heteroatoms. The summed E-state index contributed by atoms with van der Waals surface area (Å²) in [5.41, 5.74) is 2.15. The topological polar surface area (TPSA) is 26.3 Å². The van der Waals surface area contributed by atoms with Gasteiger partial charge in [0.1, 0.15) is 0 Å². The molecule has 2 nitrogen and oxygen atoms in total. The molecule has 0 amide bonds. The Morgan fingerprint density at radius 2 is 1.60 bits per heavy atom. The molecule has 0 N–H and O–H groups in total. The maximum absolute atomic E-state index is 11.5. The standard InChI is InChI=1S/C18H16O2/c19-18(14-13-17-10-5-2-6-11-17)20-15-7-12-16-8-3-1-4-9-16/h1-11,13-15H,12H2. The van der Waals surface area contributed by atoms with Crippen LogP contribution >= 0.6 is 0 Å². The maximum Gasteiger partial charge on any atom is 0.335 e. The molecule has 20 heavy (non-hydrogen) atoms. The highest BCUT2D eigenvalue weighted by molar-refractivity contribution is 5.87. The van der Waals surface area contributed by atoms with Gasteiger partial charge in [0.2, 0.25) is 0 Å². The van der Waals surface area contributed by atoms with Crippen LogP contribution in [0, 0.1) is 0 Å². The third-order valence-corrected chi connectivity index (χ3v) is 2.69. The second-order valence-corrected chi connectivity index (χ2v) is 4.24. The minimum Gasteiger partial charge on any atom is -0.432 e. The average molecular weight is 264 g/mol. The molecule has 0 aliphatic carbocycles. The molecule has 0 aromatic heterocycles. The minimum absolute atomic E-state index is 0.377. The molecule has 0 saturated carbocycles. The maximum atomic E-state index is 11.5. The summed E-state index contributed by atoms with van der Waals surface area (Å²) >= 11 is 0. The van der Waals surface area contributed by atoms with Crippen LogP contribution < -0.4 is 0 Å². The van der Waals surface area contributed by atoms with E-state index in [-0.39, 0.29) is 5.97 Å². The Morgan fingerprint density at radius 1 is 0.950 bits per heavy atom. The molecule has 0 bridgehead atoms. The van der Waals surface area contributed by atoms with Crippen LogP contribution in [0.15, 0.2) is 79.1 Å². The zero-order valence-corrected chi connectivity index (χ0v) is 11.1. The van der Waals surface area contributed by atoms with E-state index in [0.29, 0.717) is 0 Å². The van der Waals surface area contributed by atoms with E-state index in [2.05, 4.69) is 0 Å². The summed E-state index contributed by atoms with van der Waals surface area (Å²) in [5.74, 6) is -0.377. The van der Waals surface area contributed by atoms with E-state index < -0.39 is 0 Å². The highest BCUT2D eigenvalue weighted by Crippen LogP contribution is 2.02. The summed E-state index contributed by atoms with van der Waals surface area (Å²) in [6.07, 6.45) is 7.15. The van der Waals surface area contributed by atoms with E-state index in [1.165, 1.54) is 17.9 Å². The van der Waals surface area contributed by atoms with Gasteiger partial charge in [0, 0.05) is 6.08 Å². The van der Waals surface area contributed by atoms with Crippen LogP contribution in [0.5, 0.6) is 0 Å². The van der Waals surface area contributed by atoms with Crippen molar-refractivity contribution >= 4 is 12.0 Å². The lowest BCUT2D eigenvalue weighted by molar-refractivity contribution is -0.132. The smallest absolute Gasteiger partial charge is 0.335 e. The van der Waals surface area contributed by atoms with Gasteiger partial charge in [-0.1, -0.05) is 60.7 Å². The highest BCUT2D eigenvalue weighted by atomic mass is 16.5. The number of hydrogen-bond acceptors (Lipinski definition) is 2. The zero-order valence-electron chi connectivity index (χ0n) is 11.1.